The second-order valence-corrected chi connectivity index (χ2v) is 8.50. The van der Waals surface area contributed by atoms with Crippen molar-refractivity contribution in [3.05, 3.63) is 80.4 Å². The molecule has 0 amide bonds. The first-order valence-electron chi connectivity index (χ1n) is 9.71. The molecule has 1 saturated heterocycles. The van der Waals surface area contributed by atoms with Crippen LogP contribution in [0.25, 0.3) is 0 Å². The molecule has 0 radical (unpaired) electrons. The van der Waals surface area contributed by atoms with Crippen LogP contribution in [-0.2, 0) is 12.7 Å². The SMILES string of the molecule is O=[N+]([O-])c1cc(C(F)(F)F)cc2c1SC(N1CCN(Cc3ccccc3)CC1)=CC2O. The highest BCUT2D eigenvalue weighted by Gasteiger charge is 2.37. The molecule has 4 rings (SSSR count). The van der Waals surface area contributed by atoms with Gasteiger partial charge in [0.25, 0.3) is 5.69 Å². The van der Waals surface area contributed by atoms with Gasteiger partial charge in [-0.3, -0.25) is 15.0 Å². The molecule has 0 bridgehead atoms. The Labute approximate surface area is 181 Å². The second-order valence-electron chi connectivity index (χ2n) is 7.47. The van der Waals surface area contributed by atoms with Crippen LogP contribution < -0.4 is 0 Å². The van der Waals surface area contributed by atoms with E-state index in [0.29, 0.717) is 24.2 Å². The number of piperazine rings is 1. The quantitative estimate of drug-likeness (QED) is 0.549. The van der Waals surface area contributed by atoms with Crippen LogP contribution in [-0.4, -0.2) is 46.0 Å². The molecule has 0 spiro atoms. The van der Waals surface area contributed by atoms with Gasteiger partial charge in [-0.15, -0.1) is 0 Å². The van der Waals surface area contributed by atoms with Gasteiger partial charge in [-0.05, 0) is 17.7 Å². The zero-order valence-electron chi connectivity index (χ0n) is 16.4. The highest BCUT2D eigenvalue weighted by molar-refractivity contribution is 8.03. The predicted molar refractivity (Wildman–Crippen MR) is 110 cm³/mol. The lowest BCUT2D eigenvalue weighted by Crippen LogP contribution is -2.45. The van der Waals surface area contributed by atoms with Crippen LogP contribution in [0.2, 0.25) is 0 Å². The molecule has 2 aliphatic heterocycles. The van der Waals surface area contributed by atoms with Crippen molar-refractivity contribution in [2.75, 3.05) is 26.2 Å². The average molecular weight is 451 g/mol. The van der Waals surface area contributed by atoms with Crippen molar-refractivity contribution in [2.24, 2.45) is 0 Å². The van der Waals surface area contributed by atoms with Gasteiger partial charge in [0.2, 0.25) is 0 Å². The van der Waals surface area contributed by atoms with E-state index in [1.165, 1.54) is 11.6 Å². The summed E-state index contributed by atoms with van der Waals surface area (Å²) in [7, 11) is 0. The number of aliphatic hydroxyl groups excluding tert-OH is 1. The van der Waals surface area contributed by atoms with Gasteiger partial charge < -0.3 is 10.0 Å². The molecule has 2 aromatic rings. The number of thioether (sulfide) groups is 1. The fraction of sp³-hybridized carbons (Fsp3) is 0.333. The molecule has 1 N–H and O–H groups in total. The van der Waals surface area contributed by atoms with E-state index in [4.69, 9.17) is 0 Å². The van der Waals surface area contributed by atoms with Crippen molar-refractivity contribution >= 4 is 17.4 Å². The first-order valence-corrected chi connectivity index (χ1v) is 10.5. The standard InChI is InChI=1S/C21H20F3N3O3S/c22-21(23,24)15-10-16-18(28)12-19(31-20(16)17(11-15)27(29)30)26-8-6-25(7-9-26)13-14-4-2-1-3-5-14/h1-5,10-12,18,28H,6-9,13H2. The Morgan fingerprint density at radius 2 is 1.81 bits per heavy atom. The van der Waals surface area contributed by atoms with Crippen molar-refractivity contribution in [2.45, 2.75) is 23.7 Å². The van der Waals surface area contributed by atoms with Gasteiger partial charge in [-0.25, -0.2) is 0 Å². The number of alkyl halides is 3. The third kappa shape index (κ3) is 4.70. The fourth-order valence-corrected chi connectivity index (χ4v) is 5.02. The molecule has 164 valence electrons. The van der Waals surface area contributed by atoms with E-state index in [1.807, 2.05) is 23.1 Å². The zero-order chi connectivity index (χ0) is 22.2. The predicted octanol–water partition coefficient (Wildman–Crippen LogP) is 4.41. The second kappa shape index (κ2) is 8.52. The number of nitro benzene ring substituents is 1. The van der Waals surface area contributed by atoms with Crippen molar-refractivity contribution < 1.29 is 23.2 Å². The fourth-order valence-electron chi connectivity index (χ4n) is 3.77. The summed E-state index contributed by atoms with van der Waals surface area (Å²) < 4.78 is 39.4. The monoisotopic (exact) mass is 451 g/mol. The normalized spacial score (nSPS) is 19.7. The Kier molecular flexibility index (Phi) is 5.96. The molecular weight excluding hydrogens is 431 g/mol. The summed E-state index contributed by atoms with van der Waals surface area (Å²) in [6.07, 6.45) is -4.60. The van der Waals surface area contributed by atoms with Crippen molar-refractivity contribution in [3.63, 3.8) is 0 Å². The van der Waals surface area contributed by atoms with E-state index in [9.17, 15) is 28.4 Å². The van der Waals surface area contributed by atoms with Gasteiger partial charge in [-0.2, -0.15) is 13.2 Å². The number of benzene rings is 2. The maximum absolute atomic E-state index is 13.1. The van der Waals surface area contributed by atoms with Crippen molar-refractivity contribution in [1.29, 1.82) is 0 Å². The summed E-state index contributed by atoms with van der Waals surface area (Å²) in [6.45, 7) is 3.66. The minimum atomic E-state index is -4.73. The third-order valence-corrected chi connectivity index (χ3v) is 6.63. The highest BCUT2D eigenvalue weighted by atomic mass is 32.2. The van der Waals surface area contributed by atoms with Gasteiger partial charge in [0.05, 0.1) is 20.4 Å². The van der Waals surface area contributed by atoms with E-state index in [0.717, 1.165) is 37.5 Å². The molecule has 2 aliphatic rings. The molecule has 1 atom stereocenters. The molecule has 2 aromatic carbocycles. The van der Waals surface area contributed by atoms with Crippen LogP contribution >= 0.6 is 11.8 Å². The Bertz CT molecular complexity index is 1010. The number of rotatable bonds is 4. The van der Waals surface area contributed by atoms with E-state index in [-0.39, 0.29) is 10.5 Å². The highest BCUT2D eigenvalue weighted by Crippen LogP contribution is 2.48. The molecule has 0 aliphatic carbocycles. The summed E-state index contributed by atoms with van der Waals surface area (Å²) in [5.74, 6) is 0. The van der Waals surface area contributed by atoms with E-state index in [1.54, 1.807) is 0 Å². The molecule has 10 heteroatoms. The third-order valence-electron chi connectivity index (χ3n) is 5.38. The lowest BCUT2D eigenvalue weighted by molar-refractivity contribution is -0.388. The summed E-state index contributed by atoms with van der Waals surface area (Å²) in [5, 5.41) is 22.6. The Morgan fingerprint density at radius 1 is 1.13 bits per heavy atom. The lowest BCUT2D eigenvalue weighted by atomic mass is 10.0. The molecule has 1 unspecified atom stereocenters. The van der Waals surface area contributed by atoms with Gasteiger partial charge in [0, 0.05) is 44.4 Å². The minimum Gasteiger partial charge on any atom is -0.384 e. The van der Waals surface area contributed by atoms with E-state index in [2.05, 4.69) is 17.0 Å². The first-order chi connectivity index (χ1) is 14.7. The molecule has 0 aromatic heterocycles. The number of fused-ring (bicyclic) bond motifs is 1. The summed E-state index contributed by atoms with van der Waals surface area (Å²) in [6, 6.07) is 11.4. The smallest absolute Gasteiger partial charge is 0.384 e. The Morgan fingerprint density at radius 3 is 2.42 bits per heavy atom. The maximum atomic E-state index is 13.1. The Balaban J connectivity index is 1.51. The number of nitrogens with zero attached hydrogens (tertiary/aromatic N) is 3. The summed E-state index contributed by atoms with van der Waals surface area (Å²) in [4.78, 5) is 15.0. The number of nitro groups is 1. The Hall–Kier alpha value is -2.56. The van der Waals surface area contributed by atoms with Crippen LogP contribution in [0, 0.1) is 10.1 Å². The summed E-state index contributed by atoms with van der Waals surface area (Å²) >= 11 is 1.05. The first kappa shape index (κ1) is 21.7. The number of hydrogen-bond donors (Lipinski definition) is 1. The average Bonchev–Trinajstić information content (AvgIpc) is 2.73. The molecule has 1 fully saturated rings. The molecule has 31 heavy (non-hydrogen) atoms. The van der Waals surface area contributed by atoms with Gasteiger partial charge in [0.1, 0.15) is 6.10 Å². The largest absolute Gasteiger partial charge is 0.416 e. The van der Waals surface area contributed by atoms with E-state index < -0.39 is 28.5 Å². The minimum absolute atomic E-state index is 0.0646. The summed E-state index contributed by atoms with van der Waals surface area (Å²) in [5.41, 5.74) is -0.646. The lowest BCUT2D eigenvalue weighted by Gasteiger charge is -2.38. The van der Waals surface area contributed by atoms with Crippen molar-refractivity contribution in [3.8, 4) is 0 Å². The van der Waals surface area contributed by atoms with Crippen LogP contribution in [0.5, 0.6) is 0 Å². The van der Waals surface area contributed by atoms with Crippen LogP contribution in [0.3, 0.4) is 0 Å². The topological polar surface area (TPSA) is 69.9 Å². The number of aliphatic hydroxyl groups is 1. The molecule has 0 saturated carbocycles. The molecule has 6 nitrogen and oxygen atoms in total. The number of hydrogen-bond acceptors (Lipinski definition) is 6. The van der Waals surface area contributed by atoms with Gasteiger partial charge in [0.15, 0.2) is 0 Å². The van der Waals surface area contributed by atoms with E-state index >= 15 is 0 Å². The molecule has 2 heterocycles. The number of halogens is 3. The van der Waals surface area contributed by atoms with Crippen LogP contribution in [0.1, 0.15) is 22.8 Å². The van der Waals surface area contributed by atoms with Gasteiger partial charge >= 0.3 is 6.18 Å². The van der Waals surface area contributed by atoms with Crippen LogP contribution in [0.15, 0.2) is 58.5 Å². The molecular formula is C21H20F3N3O3S. The van der Waals surface area contributed by atoms with Gasteiger partial charge in [-0.1, -0.05) is 42.1 Å². The van der Waals surface area contributed by atoms with Crippen LogP contribution in [0.4, 0.5) is 18.9 Å². The van der Waals surface area contributed by atoms with Crippen molar-refractivity contribution in [1.82, 2.24) is 9.80 Å². The maximum Gasteiger partial charge on any atom is 0.416 e. The zero-order valence-corrected chi connectivity index (χ0v) is 17.2.